The summed E-state index contributed by atoms with van der Waals surface area (Å²) < 4.78 is 0. The fourth-order valence-corrected chi connectivity index (χ4v) is 3.25. The lowest BCUT2D eigenvalue weighted by Gasteiger charge is -2.33. The molecule has 24 heavy (non-hydrogen) atoms. The predicted molar refractivity (Wildman–Crippen MR) is 95.5 cm³/mol. The standard InChI is InChI=1S/C20H25N3O/c1-15(2)13-19(24)23-12-6-9-17(14-23)18-10-11-21-20(22-18)16-7-4-3-5-8-16/h3-5,7-8,10-11,15,17H,6,9,12-14H2,1-2H3/t17-/m1/s1. The van der Waals surface area contributed by atoms with E-state index in [0.717, 1.165) is 43.0 Å². The van der Waals surface area contributed by atoms with E-state index >= 15 is 0 Å². The second-order valence-electron chi connectivity index (χ2n) is 6.95. The van der Waals surface area contributed by atoms with Gasteiger partial charge in [-0.05, 0) is 24.8 Å². The summed E-state index contributed by atoms with van der Waals surface area (Å²) >= 11 is 0. The Bertz CT molecular complexity index is 684. The number of carbonyl (C=O) groups excluding carboxylic acids is 1. The first-order chi connectivity index (χ1) is 11.6. The van der Waals surface area contributed by atoms with Crippen molar-refractivity contribution in [1.29, 1.82) is 0 Å². The third kappa shape index (κ3) is 3.99. The highest BCUT2D eigenvalue weighted by atomic mass is 16.2. The molecule has 1 amide bonds. The number of hydrogen-bond acceptors (Lipinski definition) is 3. The van der Waals surface area contributed by atoms with E-state index in [9.17, 15) is 4.79 Å². The fourth-order valence-electron chi connectivity index (χ4n) is 3.25. The molecule has 0 N–H and O–H groups in total. The van der Waals surface area contributed by atoms with Crippen molar-refractivity contribution in [3.05, 3.63) is 48.3 Å². The number of piperidine rings is 1. The molecule has 1 saturated heterocycles. The highest BCUT2D eigenvalue weighted by Gasteiger charge is 2.26. The second kappa shape index (κ2) is 7.56. The van der Waals surface area contributed by atoms with Crippen LogP contribution in [0.15, 0.2) is 42.6 Å². The molecule has 0 saturated carbocycles. The molecule has 1 atom stereocenters. The van der Waals surface area contributed by atoms with Crippen LogP contribution in [0.5, 0.6) is 0 Å². The van der Waals surface area contributed by atoms with E-state index in [1.54, 1.807) is 0 Å². The van der Waals surface area contributed by atoms with Gasteiger partial charge in [-0.15, -0.1) is 0 Å². The van der Waals surface area contributed by atoms with Gasteiger partial charge in [0.15, 0.2) is 5.82 Å². The molecule has 1 aromatic heterocycles. The van der Waals surface area contributed by atoms with Crippen molar-refractivity contribution in [2.45, 2.75) is 39.0 Å². The molecule has 1 fully saturated rings. The molecule has 126 valence electrons. The lowest BCUT2D eigenvalue weighted by molar-refractivity contribution is -0.133. The SMILES string of the molecule is CC(C)CC(=O)N1CCC[C@@H](c2ccnc(-c3ccccc3)n2)C1. The van der Waals surface area contributed by atoms with Crippen LogP contribution in [0.2, 0.25) is 0 Å². The van der Waals surface area contributed by atoms with Crippen LogP contribution in [0.4, 0.5) is 0 Å². The van der Waals surface area contributed by atoms with E-state index in [1.165, 1.54) is 0 Å². The van der Waals surface area contributed by atoms with Crippen LogP contribution >= 0.6 is 0 Å². The smallest absolute Gasteiger partial charge is 0.222 e. The van der Waals surface area contributed by atoms with Gasteiger partial charge in [-0.2, -0.15) is 0 Å². The minimum Gasteiger partial charge on any atom is -0.342 e. The Hall–Kier alpha value is -2.23. The van der Waals surface area contributed by atoms with E-state index in [2.05, 4.69) is 18.8 Å². The topological polar surface area (TPSA) is 46.1 Å². The summed E-state index contributed by atoms with van der Waals surface area (Å²) in [6.45, 7) is 5.83. The van der Waals surface area contributed by atoms with Crippen molar-refractivity contribution >= 4 is 5.91 Å². The molecular weight excluding hydrogens is 298 g/mol. The largest absolute Gasteiger partial charge is 0.342 e. The molecule has 0 aliphatic carbocycles. The minimum absolute atomic E-state index is 0.270. The zero-order valence-electron chi connectivity index (χ0n) is 14.5. The Labute approximate surface area is 143 Å². The summed E-state index contributed by atoms with van der Waals surface area (Å²) in [5.74, 6) is 1.74. The summed E-state index contributed by atoms with van der Waals surface area (Å²) in [5, 5.41) is 0. The average Bonchev–Trinajstić information content (AvgIpc) is 2.62. The van der Waals surface area contributed by atoms with Crippen molar-refractivity contribution in [3.63, 3.8) is 0 Å². The van der Waals surface area contributed by atoms with Gasteiger partial charge < -0.3 is 4.90 Å². The lowest BCUT2D eigenvalue weighted by atomic mass is 9.93. The Balaban J connectivity index is 1.75. The van der Waals surface area contributed by atoms with Crippen LogP contribution in [-0.2, 0) is 4.79 Å². The maximum absolute atomic E-state index is 12.4. The highest BCUT2D eigenvalue weighted by Crippen LogP contribution is 2.27. The van der Waals surface area contributed by atoms with E-state index in [1.807, 2.05) is 47.5 Å². The summed E-state index contributed by atoms with van der Waals surface area (Å²) in [6.07, 6.45) is 4.58. The number of nitrogens with zero attached hydrogens (tertiary/aromatic N) is 3. The normalized spacial score (nSPS) is 18.0. The Morgan fingerprint density at radius 1 is 1.25 bits per heavy atom. The molecule has 1 aliphatic heterocycles. The summed E-state index contributed by atoms with van der Waals surface area (Å²) in [6, 6.07) is 12.0. The first kappa shape index (κ1) is 16.6. The first-order valence-corrected chi connectivity index (χ1v) is 8.79. The number of amides is 1. The first-order valence-electron chi connectivity index (χ1n) is 8.79. The maximum atomic E-state index is 12.4. The number of benzene rings is 1. The maximum Gasteiger partial charge on any atom is 0.222 e. The molecule has 0 unspecified atom stereocenters. The van der Waals surface area contributed by atoms with Crippen LogP contribution in [0.3, 0.4) is 0 Å². The monoisotopic (exact) mass is 323 g/mol. The summed E-state index contributed by atoms with van der Waals surface area (Å²) in [4.78, 5) is 23.6. The molecule has 0 radical (unpaired) electrons. The second-order valence-corrected chi connectivity index (χ2v) is 6.95. The van der Waals surface area contributed by atoms with Gasteiger partial charge in [0.05, 0.1) is 0 Å². The van der Waals surface area contributed by atoms with Crippen LogP contribution in [0, 0.1) is 5.92 Å². The van der Waals surface area contributed by atoms with Gasteiger partial charge in [-0.25, -0.2) is 9.97 Å². The number of rotatable bonds is 4. The quantitative estimate of drug-likeness (QED) is 0.857. The van der Waals surface area contributed by atoms with Crippen LogP contribution in [0.1, 0.15) is 44.7 Å². The molecular formula is C20H25N3O. The van der Waals surface area contributed by atoms with Gasteiger partial charge in [-0.1, -0.05) is 44.2 Å². The average molecular weight is 323 g/mol. The van der Waals surface area contributed by atoms with Gasteiger partial charge in [0.25, 0.3) is 0 Å². The molecule has 1 aliphatic rings. The zero-order chi connectivity index (χ0) is 16.9. The molecule has 1 aromatic carbocycles. The van der Waals surface area contributed by atoms with Crippen LogP contribution in [-0.4, -0.2) is 33.9 Å². The lowest BCUT2D eigenvalue weighted by Crippen LogP contribution is -2.39. The van der Waals surface area contributed by atoms with Crippen LogP contribution < -0.4 is 0 Å². The van der Waals surface area contributed by atoms with Gasteiger partial charge in [-0.3, -0.25) is 4.79 Å². The number of carbonyl (C=O) groups is 1. The molecule has 0 bridgehead atoms. The molecule has 4 heteroatoms. The number of likely N-dealkylation sites (tertiary alicyclic amines) is 1. The van der Waals surface area contributed by atoms with Gasteiger partial charge in [0.1, 0.15) is 0 Å². The van der Waals surface area contributed by atoms with E-state index in [4.69, 9.17) is 4.98 Å². The van der Waals surface area contributed by atoms with E-state index in [-0.39, 0.29) is 5.91 Å². The molecule has 4 nitrogen and oxygen atoms in total. The predicted octanol–water partition coefficient (Wildman–Crippen LogP) is 3.90. The molecule has 3 rings (SSSR count). The van der Waals surface area contributed by atoms with Crippen molar-refractivity contribution in [1.82, 2.24) is 14.9 Å². The number of hydrogen-bond donors (Lipinski definition) is 0. The van der Waals surface area contributed by atoms with E-state index < -0.39 is 0 Å². The Kier molecular flexibility index (Phi) is 5.24. The van der Waals surface area contributed by atoms with Crippen molar-refractivity contribution < 1.29 is 4.79 Å². The van der Waals surface area contributed by atoms with Gasteiger partial charge >= 0.3 is 0 Å². The molecule has 2 heterocycles. The minimum atomic E-state index is 0.270. The van der Waals surface area contributed by atoms with Crippen molar-refractivity contribution in [3.8, 4) is 11.4 Å². The van der Waals surface area contributed by atoms with Crippen LogP contribution in [0.25, 0.3) is 11.4 Å². The van der Waals surface area contributed by atoms with Gasteiger partial charge in [0, 0.05) is 42.9 Å². The number of aromatic nitrogens is 2. The Morgan fingerprint density at radius 2 is 2.04 bits per heavy atom. The van der Waals surface area contributed by atoms with E-state index in [0.29, 0.717) is 18.3 Å². The highest BCUT2D eigenvalue weighted by molar-refractivity contribution is 5.76. The molecule has 0 spiro atoms. The fraction of sp³-hybridized carbons (Fsp3) is 0.450. The van der Waals surface area contributed by atoms with Crippen molar-refractivity contribution in [2.75, 3.05) is 13.1 Å². The Morgan fingerprint density at radius 3 is 2.79 bits per heavy atom. The summed E-state index contributed by atoms with van der Waals surface area (Å²) in [5.41, 5.74) is 2.08. The van der Waals surface area contributed by atoms with Crippen molar-refractivity contribution in [2.24, 2.45) is 5.92 Å². The third-order valence-corrected chi connectivity index (χ3v) is 4.48. The van der Waals surface area contributed by atoms with Gasteiger partial charge in [0.2, 0.25) is 5.91 Å². The zero-order valence-corrected chi connectivity index (χ0v) is 14.5. The summed E-state index contributed by atoms with van der Waals surface area (Å²) in [7, 11) is 0. The molecule has 2 aromatic rings. The third-order valence-electron chi connectivity index (χ3n) is 4.48.